The van der Waals surface area contributed by atoms with Crippen LogP contribution in [0.3, 0.4) is 0 Å². The molecule has 0 fully saturated rings. The Labute approximate surface area is 144 Å². The van der Waals surface area contributed by atoms with Gasteiger partial charge in [-0.15, -0.1) is 0 Å². The maximum atomic E-state index is 12.4. The Morgan fingerprint density at radius 1 is 1.00 bits per heavy atom. The first-order valence-electron chi connectivity index (χ1n) is 7.63. The molecule has 1 atom stereocenters. The van der Waals surface area contributed by atoms with Crippen molar-refractivity contribution in [3.8, 4) is 23.0 Å². The van der Waals surface area contributed by atoms with E-state index in [4.69, 9.17) is 23.4 Å². The SMILES string of the molecule is COc1cc(C2CC(=O)Oc3cc(C)oc(=O)c32)cc(OC)c1OC. The van der Waals surface area contributed by atoms with Gasteiger partial charge in [-0.3, -0.25) is 4.79 Å². The van der Waals surface area contributed by atoms with Crippen LogP contribution >= 0.6 is 0 Å². The molecule has 0 amide bonds. The molecule has 2 aromatic rings. The number of carbonyl (C=O) groups is 1. The lowest BCUT2D eigenvalue weighted by Gasteiger charge is -2.24. The van der Waals surface area contributed by atoms with Gasteiger partial charge in [-0.1, -0.05) is 0 Å². The van der Waals surface area contributed by atoms with Gasteiger partial charge in [0.05, 0.1) is 33.3 Å². The predicted molar refractivity (Wildman–Crippen MR) is 87.9 cm³/mol. The highest BCUT2D eigenvalue weighted by Gasteiger charge is 2.33. The molecule has 132 valence electrons. The molecule has 1 aliphatic rings. The van der Waals surface area contributed by atoms with Gasteiger partial charge >= 0.3 is 11.6 Å². The topological polar surface area (TPSA) is 84.2 Å². The maximum Gasteiger partial charge on any atom is 0.343 e. The van der Waals surface area contributed by atoms with Crippen LogP contribution in [-0.2, 0) is 4.79 Å². The average Bonchev–Trinajstić information content (AvgIpc) is 2.58. The van der Waals surface area contributed by atoms with Crippen LogP contribution in [0.25, 0.3) is 0 Å². The highest BCUT2D eigenvalue weighted by atomic mass is 16.5. The molecule has 0 bridgehead atoms. The lowest BCUT2D eigenvalue weighted by molar-refractivity contribution is -0.135. The van der Waals surface area contributed by atoms with E-state index in [-0.39, 0.29) is 12.2 Å². The van der Waals surface area contributed by atoms with Gasteiger partial charge in [0.1, 0.15) is 11.5 Å². The first-order chi connectivity index (χ1) is 12.0. The molecule has 0 radical (unpaired) electrons. The summed E-state index contributed by atoms with van der Waals surface area (Å²) in [5.41, 5.74) is 0.448. The molecule has 0 N–H and O–H groups in total. The number of benzene rings is 1. The Kier molecular flexibility index (Phi) is 4.39. The van der Waals surface area contributed by atoms with Crippen molar-refractivity contribution >= 4 is 5.97 Å². The zero-order valence-electron chi connectivity index (χ0n) is 14.4. The van der Waals surface area contributed by atoms with Gasteiger partial charge in [0.15, 0.2) is 11.5 Å². The van der Waals surface area contributed by atoms with Gasteiger partial charge in [-0.25, -0.2) is 4.79 Å². The van der Waals surface area contributed by atoms with Crippen LogP contribution in [-0.4, -0.2) is 27.3 Å². The molecule has 0 saturated carbocycles. The molecule has 0 spiro atoms. The summed E-state index contributed by atoms with van der Waals surface area (Å²) < 4.78 is 26.4. The van der Waals surface area contributed by atoms with Crippen LogP contribution in [0.5, 0.6) is 23.0 Å². The molecule has 25 heavy (non-hydrogen) atoms. The number of esters is 1. The Bertz CT molecular complexity index is 856. The number of ether oxygens (including phenoxy) is 4. The number of aryl methyl sites for hydroxylation is 1. The number of hydrogen-bond donors (Lipinski definition) is 0. The largest absolute Gasteiger partial charge is 0.493 e. The molecular formula is C18H18O7. The lowest BCUT2D eigenvalue weighted by atomic mass is 9.87. The van der Waals surface area contributed by atoms with Crippen LogP contribution in [0, 0.1) is 6.92 Å². The molecule has 2 heterocycles. The van der Waals surface area contributed by atoms with Crippen LogP contribution < -0.4 is 24.6 Å². The number of hydrogen-bond acceptors (Lipinski definition) is 7. The summed E-state index contributed by atoms with van der Waals surface area (Å²) in [5.74, 6) is 0.967. The number of carbonyl (C=O) groups excluding carboxylic acids is 1. The molecular weight excluding hydrogens is 328 g/mol. The van der Waals surface area contributed by atoms with Crippen molar-refractivity contribution in [2.45, 2.75) is 19.3 Å². The van der Waals surface area contributed by atoms with Crippen molar-refractivity contribution in [2.24, 2.45) is 0 Å². The molecule has 0 aliphatic carbocycles. The van der Waals surface area contributed by atoms with Gasteiger partial charge in [0.2, 0.25) is 5.75 Å². The molecule has 1 aromatic carbocycles. The third-order valence-corrected chi connectivity index (χ3v) is 4.11. The lowest BCUT2D eigenvalue weighted by Crippen LogP contribution is -2.26. The fourth-order valence-electron chi connectivity index (χ4n) is 3.01. The van der Waals surface area contributed by atoms with Crippen molar-refractivity contribution in [3.63, 3.8) is 0 Å². The zero-order chi connectivity index (χ0) is 18.1. The van der Waals surface area contributed by atoms with Crippen molar-refractivity contribution in [1.29, 1.82) is 0 Å². The Balaban J connectivity index is 2.21. The number of fused-ring (bicyclic) bond motifs is 1. The van der Waals surface area contributed by atoms with Crippen LogP contribution in [0.15, 0.2) is 27.4 Å². The normalized spacial score (nSPS) is 16.0. The maximum absolute atomic E-state index is 12.4. The van der Waals surface area contributed by atoms with Crippen molar-refractivity contribution in [3.05, 3.63) is 45.5 Å². The predicted octanol–water partition coefficient (Wildman–Crippen LogP) is 2.42. The fraction of sp³-hybridized carbons (Fsp3) is 0.333. The minimum absolute atomic E-state index is 0.0134. The summed E-state index contributed by atoms with van der Waals surface area (Å²) in [4.78, 5) is 24.4. The number of methoxy groups -OCH3 is 3. The average molecular weight is 346 g/mol. The second-order valence-electron chi connectivity index (χ2n) is 5.61. The molecule has 0 saturated heterocycles. The van der Waals surface area contributed by atoms with E-state index in [1.54, 1.807) is 25.1 Å². The monoisotopic (exact) mass is 346 g/mol. The minimum atomic E-state index is -0.527. The fourth-order valence-corrected chi connectivity index (χ4v) is 3.01. The van der Waals surface area contributed by atoms with E-state index in [1.807, 2.05) is 0 Å². The highest BCUT2D eigenvalue weighted by molar-refractivity contribution is 5.77. The van der Waals surface area contributed by atoms with E-state index >= 15 is 0 Å². The van der Waals surface area contributed by atoms with Gasteiger partial charge in [0.25, 0.3) is 0 Å². The van der Waals surface area contributed by atoms with Crippen LogP contribution in [0.1, 0.15) is 29.2 Å². The summed E-state index contributed by atoms with van der Waals surface area (Å²) in [6.07, 6.45) is 0.0134. The molecule has 3 rings (SSSR count). The van der Waals surface area contributed by atoms with Crippen LogP contribution in [0.4, 0.5) is 0 Å². The quantitative estimate of drug-likeness (QED) is 0.786. The number of rotatable bonds is 4. The third-order valence-electron chi connectivity index (χ3n) is 4.11. The summed E-state index contributed by atoms with van der Waals surface area (Å²) in [6.45, 7) is 1.62. The van der Waals surface area contributed by atoms with E-state index in [9.17, 15) is 9.59 Å². The third kappa shape index (κ3) is 2.93. The standard InChI is InChI=1S/C18H18O7/c1-9-5-12-16(18(20)24-9)11(8-15(19)25-12)10-6-13(21-2)17(23-4)14(7-10)22-3/h5-7,11H,8H2,1-4H3. The molecule has 7 nitrogen and oxygen atoms in total. The Morgan fingerprint density at radius 2 is 1.64 bits per heavy atom. The second-order valence-corrected chi connectivity index (χ2v) is 5.61. The van der Waals surface area contributed by atoms with Gasteiger partial charge in [-0.2, -0.15) is 0 Å². The second kappa shape index (κ2) is 6.51. The van der Waals surface area contributed by atoms with E-state index < -0.39 is 17.5 Å². The molecule has 1 aliphatic heterocycles. The van der Waals surface area contributed by atoms with Crippen molar-refractivity contribution < 1.29 is 28.2 Å². The smallest absolute Gasteiger partial charge is 0.343 e. The first kappa shape index (κ1) is 16.9. The summed E-state index contributed by atoms with van der Waals surface area (Å²) in [5, 5.41) is 0. The van der Waals surface area contributed by atoms with Gasteiger partial charge in [0, 0.05) is 12.0 Å². The summed E-state index contributed by atoms with van der Waals surface area (Å²) in [7, 11) is 4.51. The Morgan fingerprint density at radius 3 is 2.20 bits per heavy atom. The summed E-state index contributed by atoms with van der Waals surface area (Å²) >= 11 is 0. The van der Waals surface area contributed by atoms with Gasteiger partial charge in [-0.05, 0) is 24.6 Å². The van der Waals surface area contributed by atoms with Gasteiger partial charge < -0.3 is 23.4 Å². The van der Waals surface area contributed by atoms with Crippen LogP contribution in [0.2, 0.25) is 0 Å². The molecule has 1 aromatic heterocycles. The van der Waals surface area contributed by atoms with E-state index in [0.717, 1.165) is 0 Å². The van der Waals surface area contributed by atoms with Crippen molar-refractivity contribution in [1.82, 2.24) is 0 Å². The molecule has 1 unspecified atom stereocenters. The highest BCUT2D eigenvalue weighted by Crippen LogP contribution is 2.44. The minimum Gasteiger partial charge on any atom is -0.493 e. The zero-order valence-corrected chi connectivity index (χ0v) is 14.4. The first-order valence-corrected chi connectivity index (χ1v) is 7.63. The van der Waals surface area contributed by atoms with E-state index in [1.165, 1.54) is 21.3 Å². The van der Waals surface area contributed by atoms with E-state index in [2.05, 4.69) is 0 Å². The van der Waals surface area contributed by atoms with Crippen molar-refractivity contribution in [2.75, 3.05) is 21.3 Å². The molecule has 7 heteroatoms. The summed E-state index contributed by atoms with van der Waals surface area (Å²) in [6, 6.07) is 4.97. The van der Waals surface area contributed by atoms with E-state index in [0.29, 0.717) is 34.1 Å². The Hall–Kier alpha value is -2.96.